The predicted octanol–water partition coefficient (Wildman–Crippen LogP) is 3.76. The van der Waals surface area contributed by atoms with E-state index in [1.54, 1.807) is 0 Å². The van der Waals surface area contributed by atoms with Crippen LogP contribution in [0.1, 0.15) is 51.0 Å². The zero-order valence-corrected chi connectivity index (χ0v) is 12.5. The summed E-state index contributed by atoms with van der Waals surface area (Å²) in [5, 5.41) is 0. The van der Waals surface area contributed by atoms with Crippen LogP contribution in [0.5, 0.6) is 0 Å². The highest BCUT2D eigenvalue weighted by Gasteiger charge is 2.46. The summed E-state index contributed by atoms with van der Waals surface area (Å²) >= 11 is 0. The summed E-state index contributed by atoms with van der Waals surface area (Å²) < 4.78 is 0. The molecule has 1 heterocycles. The molecule has 0 radical (unpaired) electrons. The van der Waals surface area contributed by atoms with Crippen molar-refractivity contribution in [3.63, 3.8) is 0 Å². The third kappa shape index (κ3) is 2.31. The minimum atomic E-state index is -0.325. The van der Waals surface area contributed by atoms with Gasteiger partial charge in [-0.25, -0.2) is 0 Å². The lowest BCUT2D eigenvalue weighted by Gasteiger charge is -2.48. The molecular weight excluding hydrogens is 246 g/mol. The summed E-state index contributed by atoms with van der Waals surface area (Å²) in [6.45, 7) is 4.46. The Kier molecular flexibility index (Phi) is 3.93. The van der Waals surface area contributed by atoms with E-state index in [9.17, 15) is 4.79 Å². The van der Waals surface area contributed by atoms with E-state index in [1.807, 2.05) is 6.07 Å². The van der Waals surface area contributed by atoms with E-state index >= 15 is 0 Å². The fourth-order valence-electron chi connectivity index (χ4n) is 4.08. The highest BCUT2D eigenvalue weighted by molar-refractivity contribution is 5.90. The number of likely N-dealkylation sites (tertiary alicyclic amines) is 1. The van der Waals surface area contributed by atoms with E-state index < -0.39 is 0 Å². The van der Waals surface area contributed by atoms with E-state index in [0.29, 0.717) is 11.7 Å². The molecule has 1 aromatic rings. The first-order chi connectivity index (χ1) is 9.73. The number of Topliss-reactive ketones (excluding diaryl/α,β-unsaturated/α-hetero) is 1. The van der Waals surface area contributed by atoms with Gasteiger partial charge in [-0.05, 0) is 43.7 Å². The van der Waals surface area contributed by atoms with Gasteiger partial charge in [0.05, 0.1) is 0 Å². The number of nitrogens with zero attached hydrogens (tertiary/aromatic N) is 1. The number of hydrogen-bond donors (Lipinski definition) is 0. The van der Waals surface area contributed by atoms with Crippen LogP contribution in [0.15, 0.2) is 30.3 Å². The van der Waals surface area contributed by atoms with Gasteiger partial charge in [-0.3, -0.25) is 9.69 Å². The molecule has 0 spiro atoms. The third-order valence-corrected chi connectivity index (χ3v) is 5.10. The molecular formula is C18H25NO. The average molecular weight is 271 g/mol. The quantitative estimate of drug-likeness (QED) is 0.816. The standard InChI is InChI=1S/C18H25NO/c1-15-8-7-13-19(14-15)18(12-6-5-11-17(18)20)16-9-3-2-4-10-16/h2-4,9-10,15H,5-8,11-14H2,1H3/t15?,18-/m1/s1. The summed E-state index contributed by atoms with van der Waals surface area (Å²) in [5.74, 6) is 1.16. The van der Waals surface area contributed by atoms with Crippen molar-refractivity contribution < 1.29 is 4.79 Å². The van der Waals surface area contributed by atoms with Gasteiger partial charge in [0, 0.05) is 13.0 Å². The molecule has 0 amide bonds. The molecule has 1 saturated carbocycles. The molecule has 2 atom stereocenters. The first-order valence-electron chi connectivity index (χ1n) is 8.07. The molecule has 1 unspecified atom stereocenters. The van der Waals surface area contributed by atoms with Crippen molar-refractivity contribution in [2.45, 2.75) is 51.0 Å². The molecule has 0 bridgehead atoms. The van der Waals surface area contributed by atoms with Crippen LogP contribution in [0.4, 0.5) is 0 Å². The molecule has 2 fully saturated rings. The van der Waals surface area contributed by atoms with E-state index in [4.69, 9.17) is 0 Å². The van der Waals surface area contributed by atoms with Gasteiger partial charge in [-0.2, -0.15) is 0 Å². The van der Waals surface area contributed by atoms with Crippen LogP contribution in [0, 0.1) is 5.92 Å². The fourth-order valence-corrected chi connectivity index (χ4v) is 4.08. The molecule has 2 aliphatic rings. The zero-order valence-electron chi connectivity index (χ0n) is 12.5. The van der Waals surface area contributed by atoms with Crippen LogP contribution in [0.2, 0.25) is 0 Å². The summed E-state index contributed by atoms with van der Waals surface area (Å²) in [7, 11) is 0. The molecule has 1 aromatic carbocycles. The summed E-state index contributed by atoms with van der Waals surface area (Å²) in [6, 6.07) is 10.5. The van der Waals surface area contributed by atoms with Gasteiger partial charge in [0.15, 0.2) is 5.78 Å². The monoisotopic (exact) mass is 271 g/mol. The van der Waals surface area contributed by atoms with Crippen molar-refractivity contribution in [2.75, 3.05) is 13.1 Å². The highest BCUT2D eigenvalue weighted by Crippen LogP contribution is 2.41. The van der Waals surface area contributed by atoms with Gasteiger partial charge in [-0.15, -0.1) is 0 Å². The zero-order chi connectivity index (χ0) is 14.0. The van der Waals surface area contributed by atoms with Crippen molar-refractivity contribution in [2.24, 2.45) is 5.92 Å². The van der Waals surface area contributed by atoms with Gasteiger partial charge in [0.25, 0.3) is 0 Å². The Morgan fingerprint density at radius 2 is 1.95 bits per heavy atom. The van der Waals surface area contributed by atoms with E-state index in [1.165, 1.54) is 24.8 Å². The second-order valence-corrected chi connectivity index (χ2v) is 6.55. The van der Waals surface area contributed by atoms with Crippen molar-refractivity contribution in [1.29, 1.82) is 0 Å². The molecule has 0 N–H and O–H groups in total. The lowest BCUT2D eigenvalue weighted by molar-refractivity contribution is -0.137. The maximum atomic E-state index is 12.9. The smallest absolute Gasteiger partial charge is 0.157 e. The first-order valence-corrected chi connectivity index (χ1v) is 8.07. The van der Waals surface area contributed by atoms with E-state index in [2.05, 4.69) is 36.1 Å². The van der Waals surface area contributed by atoms with Crippen molar-refractivity contribution in [1.82, 2.24) is 4.90 Å². The van der Waals surface area contributed by atoms with Crippen LogP contribution in [0.3, 0.4) is 0 Å². The minimum absolute atomic E-state index is 0.325. The first kappa shape index (κ1) is 13.8. The molecule has 1 saturated heterocycles. The topological polar surface area (TPSA) is 20.3 Å². The predicted molar refractivity (Wildman–Crippen MR) is 81.6 cm³/mol. The molecule has 0 aromatic heterocycles. The Hall–Kier alpha value is -1.15. The molecule has 2 heteroatoms. The number of piperidine rings is 1. The minimum Gasteiger partial charge on any atom is -0.297 e. The molecule has 20 heavy (non-hydrogen) atoms. The Balaban J connectivity index is 2.01. The number of rotatable bonds is 2. The summed E-state index contributed by atoms with van der Waals surface area (Å²) in [6.07, 6.45) is 6.52. The fraction of sp³-hybridized carbons (Fsp3) is 0.611. The number of benzene rings is 1. The SMILES string of the molecule is CC1CCCN([C@@]2(c3ccccc3)CCCCC2=O)C1. The maximum Gasteiger partial charge on any atom is 0.157 e. The van der Waals surface area contributed by atoms with Crippen LogP contribution in [0.25, 0.3) is 0 Å². The van der Waals surface area contributed by atoms with Crippen LogP contribution in [-0.4, -0.2) is 23.8 Å². The number of hydrogen-bond acceptors (Lipinski definition) is 2. The van der Waals surface area contributed by atoms with Crippen molar-refractivity contribution in [3.05, 3.63) is 35.9 Å². The summed E-state index contributed by atoms with van der Waals surface area (Å²) in [4.78, 5) is 15.4. The van der Waals surface area contributed by atoms with Crippen LogP contribution < -0.4 is 0 Å². The van der Waals surface area contributed by atoms with E-state index in [-0.39, 0.29) is 5.54 Å². The highest BCUT2D eigenvalue weighted by atomic mass is 16.1. The van der Waals surface area contributed by atoms with Crippen LogP contribution >= 0.6 is 0 Å². The number of carbonyl (C=O) groups is 1. The Labute approximate surface area is 122 Å². The lowest BCUT2D eigenvalue weighted by atomic mass is 9.73. The maximum absolute atomic E-state index is 12.9. The number of carbonyl (C=O) groups excluding carboxylic acids is 1. The van der Waals surface area contributed by atoms with Gasteiger partial charge in [0.1, 0.15) is 5.54 Å². The van der Waals surface area contributed by atoms with Crippen LogP contribution in [-0.2, 0) is 10.3 Å². The Bertz CT molecular complexity index is 470. The van der Waals surface area contributed by atoms with Crippen molar-refractivity contribution in [3.8, 4) is 0 Å². The van der Waals surface area contributed by atoms with Gasteiger partial charge >= 0.3 is 0 Å². The number of ketones is 1. The van der Waals surface area contributed by atoms with Gasteiger partial charge in [-0.1, -0.05) is 43.7 Å². The molecule has 1 aliphatic heterocycles. The Morgan fingerprint density at radius 3 is 2.65 bits per heavy atom. The normalized spacial score (nSPS) is 32.2. The average Bonchev–Trinajstić information content (AvgIpc) is 2.49. The second kappa shape index (κ2) is 5.69. The van der Waals surface area contributed by atoms with Crippen molar-refractivity contribution >= 4 is 5.78 Å². The summed E-state index contributed by atoms with van der Waals surface area (Å²) in [5.41, 5.74) is 0.896. The van der Waals surface area contributed by atoms with Gasteiger partial charge < -0.3 is 0 Å². The molecule has 2 nitrogen and oxygen atoms in total. The Morgan fingerprint density at radius 1 is 1.15 bits per heavy atom. The van der Waals surface area contributed by atoms with Gasteiger partial charge in [0.2, 0.25) is 0 Å². The lowest BCUT2D eigenvalue weighted by Crippen LogP contribution is -2.56. The third-order valence-electron chi connectivity index (χ3n) is 5.10. The molecule has 108 valence electrons. The molecule has 1 aliphatic carbocycles. The second-order valence-electron chi connectivity index (χ2n) is 6.55. The van der Waals surface area contributed by atoms with E-state index in [0.717, 1.165) is 32.4 Å². The molecule has 3 rings (SSSR count). The largest absolute Gasteiger partial charge is 0.297 e.